The molecule has 0 spiro atoms. The zero-order chi connectivity index (χ0) is 21.5. The van der Waals surface area contributed by atoms with Gasteiger partial charge in [0.05, 0.1) is 30.0 Å². The molecule has 0 saturated heterocycles. The summed E-state index contributed by atoms with van der Waals surface area (Å²) in [6.45, 7) is 0.688. The maximum Gasteiger partial charge on any atom is 0.123 e. The van der Waals surface area contributed by atoms with Crippen molar-refractivity contribution in [3.8, 4) is 22.3 Å². The standard InChI is InChI=1S/C27H19FN4/c28-22-9-6-19(7-10-22)27-23(20-8-12-25-21(14-20)15-29-31-25)11-13-26-24(27)16-30-32(26)17-18-4-2-1-3-5-18/h1-16H,17H2,(H,29,31). The Morgan fingerprint density at radius 3 is 2.47 bits per heavy atom. The number of H-pyrrole nitrogens is 1. The number of aromatic nitrogens is 4. The lowest BCUT2D eigenvalue weighted by Crippen LogP contribution is -2.01. The van der Waals surface area contributed by atoms with Crippen LogP contribution >= 0.6 is 0 Å². The van der Waals surface area contributed by atoms with E-state index in [9.17, 15) is 4.39 Å². The minimum atomic E-state index is -0.248. The van der Waals surface area contributed by atoms with Crippen LogP contribution in [0.2, 0.25) is 0 Å². The van der Waals surface area contributed by atoms with Crippen LogP contribution in [-0.2, 0) is 6.54 Å². The van der Waals surface area contributed by atoms with Crippen LogP contribution in [0.3, 0.4) is 0 Å². The molecule has 0 amide bonds. The molecule has 32 heavy (non-hydrogen) atoms. The van der Waals surface area contributed by atoms with Crippen molar-refractivity contribution in [3.05, 3.63) is 109 Å². The Balaban J connectivity index is 1.57. The highest BCUT2D eigenvalue weighted by Gasteiger charge is 2.16. The smallest absolute Gasteiger partial charge is 0.123 e. The molecule has 0 bridgehead atoms. The van der Waals surface area contributed by atoms with Crippen LogP contribution in [0.15, 0.2) is 97.3 Å². The van der Waals surface area contributed by atoms with Crippen LogP contribution < -0.4 is 0 Å². The summed E-state index contributed by atoms with van der Waals surface area (Å²) in [5, 5.41) is 13.9. The van der Waals surface area contributed by atoms with E-state index in [-0.39, 0.29) is 5.82 Å². The predicted octanol–water partition coefficient (Wildman–Crippen LogP) is 6.43. The average molecular weight is 418 g/mol. The van der Waals surface area contributed by atoms with Gasteiger partial charge in [-0.3, -0.25) is 9.78 Å². The number of hydrogen-bond acceptors (Lipinski definition) is 2. The van der Waals surface area contributed by atoms with Gasteiger partial charge in [-0.2, -0.15) is 10.2 Å². The van der Waals surface area contributed by atoms with Gasteiger partial charge in [0.1, 0.15) is 5.82 Å². The second kappa shape index (κ2) is 7.46. The monoisotopic (exact) mass is 418 g/mol. The van der Waals surface area contributed by atoms with E-state index in [4.69, 9.17) is 5.10 Å². The summed E-state index contributed by atoms with van der Waals surface area (Å²) in [5.41, 5.74) is 7.39. The van der Waals surface area contributed by atoms with Crippen molar-refractivity contribution < 1.29 is 4.39 Å². The van der Waals surface area contributed by atoms with Gasteiger partial charge in [-0.15, -0.1) is 0 Å². The van der Waals surface area contributed by atoms with E-state index in [0.29, 0.717) is 6.54 Å². The lowest BCUT2D eigenvalue weighted by atomic mass is 9.91. The summed E-state index contributed by atoms with van der Waals surface area (Å²) < 4.78 is 15.7. The molecule has 154 valence electrons. The van der Waals surface area contributed by atoms with Crippen LogP contribution in [0.5, 0.6) is 0 Å². The highest BCUT2D eigenvalue weighted by atomic mass is 19.1. The summed E-state index contributed by atoms with van der Waals surface area (Å²) in [4.78, 5) is 0. The first-order chi connectivity index (χ1) is 15.8. The van der Waals surface area contributed by atoms with Gasteiger partial charge in [0.25, 0.3) is 0 Å². The van der Waals surface area contributed by atoms with E-state index in [1.54, 1.807) is 0 Å². The fourth-order valence-corrected chi connectivity index (χ4v) is 4.31. The highest BCUT2D eigenvalue weighted by Crippen LogP contribution is 2.39. The number of aromatic amines is 1. The van der Waals surface area contributed by atoms with Gasteiger partial charge < -0.3 is 0 Å². The minimum Gasteiger partial charge on any atom is -0.278 e. The third kappa shape index (κ3) is 3.15. The predicted molar refractivity (Wildman–Crippen MR) is 126 cm³/mol. The van der Waals surface area contributed by atoms with Gasteiger partial charge in [-0.1, -0.05) is 54.6 Å². The van der Waals surface area contributed by atoms with E-state index in [1.807, 2.05) is 53.5 Å². The van der Waals surface area contributed by atoms with Crippen molar-refractivity contribution in [2.24, 2.45) is 0 Å². The largest absolute Gasteiger partial charge is 0.278 e. The fraction of sp³-hybridized carbons (Fsp3) is 0.0370. The molecule has 6 rings (SSSR count). The van der Waals surface area contributed by atoms with Crippen LogP contribution in [0.4, 0.5) is 4.39 Å². The van der Waals surface area contributed by atoms with Gasteiger partial charge in [-0.25, -0.2) is 4.39 Å². The summed E-state index contributed by atoms with van der Waals surface area (Å²) in [7, 11) is 0. The molecule has 0 aliphatic carbocycles. The molecule has 6 aromatic rings. The highest BCUT2D eigenvalue weighted by molar-refractivity contribution is 6.03. The molecule has 5 heteroatoms. The number of halogens is 1. The summed E-state index contributed by atoms with van der Waals surface area (Å²) in [5.74, 6) is -0.248. The van der Waals surface area contributed by atoms with Gasteiger partial charge >= 0.3 is 0 Å². The summed E-state index contributed by atoms with van der Waals surface area (Å²) >= 11 is 0. The average Bonchev–Trinajstić information content (AvgIpc) is 3.46. The second-order valence-electron chi connectivity index (χ2n) is 7.89. The molecular formula is C27H19FN4. The van der Waals surface area contributed by atoms with Crippen molar-refractivity contribution in [1.82, 2.24) is 20.0 Å². The molecule has 0 saturated carbocycles. The lowest BCUT2D eigenvalue weighted by molar-refractivity contribution is 0.628. The van der Waals surface area contributed by atoms with Crippen molar-refractivity contribution >= 4 is 21.8 Å². The Hall–Kier alpha value is -4.25. The molecule has 0 radical (unpaired) electrons. The Morgan fingerprint density at radius 2 is 1.62 bits per heavy atom. The maximum atomic E-state index is 13.7. The van der Waals surface area contributed by atoms with Gasteiger partial charge in [0.2, 0.25) is 0 Å². The Labute approximate surface area is 184 Å². The van der Waals surface area contributed by atoms with Gasteiger partial charge in [0.15, 0.2) is 0 Å². The zero-order valence-corrected chi connectivity index (χ0v) is 17.2. The Morgan fingerprint density at radius 1 is 0.812 bits per heavy atom. The molecule has 1 N–H and O–H groups in total. The zero-order valence-electron chi connectivity index (χ0n) is 17.2. The second-order valence-corrected chi connectivity index (χ2v) is 7.89. The molecule has 0 fully saturated rings. The molecule has 2 aromatic heterocycles. The van der Waals surface area contributed by atoms with E-state index in [2.05, 4.69) is 46.6 Å². The third-order valence-corrected chi connectivity index (χ3v) is 5.89. The van der Waals surface area contributed by atoms with E-state index < -0.39 is 0 Å². The van der Waals surface area contributed by atoms with Crippen molar-refractivity contribution in [2.45, 2.75) is 6.54 Å². The summed E-state index contributed by atoms with van der Waals surface area (Å²) in [6, 6.07) is 27.5. The lowest BCUT2D eigenvalue weighted by Gasteiger charge is -2.13. The van der Waals surface area contributed by atoms with E-state index >= 15 is 0 Å². The van der Waals surface area contributed by atoms with Crippen LogP contribution in [-0.4, -0.2) is 20.0 Å². The molecule has 4 nitrogen and oxygen atoms in total. The van der Waals surface area contributed by atoms with E-state index in [1.165, 1.54) is 17.7 Å². The van der Waals surface area contributed by atoms with Crippen molar-refractivity contribution in [2.75, 3.05) is 0 Å². The van der Waals surface area contributed by atoms with Crippen LogP contribution in [0, 0.1) is 5.82 Å². The van der Waals surface area contributed by atoms with Crippen LogP contribution in [0.25, 0.3) is 44.1 Å². The minimum absolute atomic E-state index is 0.248. The van der Waals surface area contributed by atoms with E-state index in [0.717, 1.165) is 44.1 Å². The van der Waals surface area contributed by atoms with Gasteiger partial charge in [0, 0.05) is 16.3 Å². The number of hydrogen-bond donors (Lipinski definition) is 1. The van der Waals surface area contributed by atoms with Crippen molar-refractivity contribution in [3.63, 3.8) is 0 Å². The quantitative estimate of drug-likeness (QED) is 0.358. The number of fused-ring (bicyclic) bond motifs is 2. The SMILES string of the molecule is Fc1ccc(-c2c(-c3ccc4[nH]ncc4c3)ccc3c2cnn3Cc2ccccc2)cc1. The number of nitrogens with one attached hydrogen (secondary N) is 1. The fourth-order valence-electron chi connectivity index (χ4n) is 4.31. The molecule has 4 aromatic carbocycles. The number of rotatable bonds is 4. The first-order valence-electron chi connectivity index (χ1n) is 10.5. The summed E-state index contributed by atoms with van der Waals surface area (Å²) in [6.07, 6.45) is 3.74. The Kier molecular flexibility index (Phi) is 4.32. The number of benzene rings is 4. The molecular weight excluding hydrogens is 399 g/mol. The maximum absolute atomic E-state index is 13.7. The molecule has 0 atom stereocenters. The molecule has 0 aliphatic heterocycles. The Bertz CT molecular complexity index is 1550. The third-order valence-electron chi connectivity index (χ3n) is 5.89. The number of nitrogens with zero attached hydrogens (tertiary/aromatic N) is 3. The van der Waals surface area contributed by atoms with Crippen molar-refractivity contribution in [1.29, 1.82) is 0 Å². The van der Waals surface area contributed by atoms with Crippen LogP contribution in [0.1, 0.15) is 5.56 Å². The topological polar surface area (TPSA) is 46.5 Å². The first kappa shape index (κ1) is 18.5. The first-order valence-corrected chi connectivity index (χ1v) is 10.5. The molecule has 2 heterocycles. The normalized spacial score (nSPS) is 11.4. The molecule has 0 aliphatic rings. The van der Waals surface area contributed by atoms with Gasteiger partial charge in [-0.05, 0) is 52.6 Å². The molecule has 0 unspecified atom stereocenters.